The fourth-order valence-electron chi connectivity index (χ4n) is 5.48. The van der Waals surface area contributed by atoms with Crippen LogP contribution in [-0.2, 0) is 9.59 Å². The number of rotatable bonds is 12. The van der Waals surface area contributed by atoms with Crippen molar-refractivity contribution >= 4 is 22.8 Å². The van der Waals surface area contributed by atoms with Gasteiger partial charge in [-0.1, -0.05) is 44.9 Å². The molecule has 0 bridgehead atoms. The summed E-state index contributed by atoms with van der Waals surface area (Å²) in [4.78, 5) is 30.4. The van der Waals surface area contributed by atoms with E-state index < -0.39 is 17.9 Å². The summed E-state index contributed by atoms with van der Waals surface area (Å²) in [6.07, 6.45) is 5.61. The summed E-state index contributed by atoms with van der Waals surface area (Å²) < 4.78 is 10.8. The molecule has 1 fully saturated rings. The van der Waals surface area contributed by atoms with Crippen LogP contribution >= 0.6 is 0 Å². The maximum absolute atomic E-state index is 13.6. The lowest BCUT2D eigenvalue weighted by molar-refractivity contribution is -0.144. The molecule has 1 aliphatic rings. The van der Waals surface area contributed by atoms with E-state index in [2.05, 4.69) is 18.7 Å². The minimum absolute atomic E-state index is 0.0653. The first-order valence-electron chi connectivity index (χ1n) is 13.3. The monoisotopic (exact) mass is 506 g/mol. The number of nitrogens with zero attached hydrogens (tertiary/aromatic N) is 2. The second-order valence-corrected chi connectivity index (χ2v) is 9.92. The third-order valence-electron chi connectivity index (χ3n) is 7.50. The van der Waals surface area contributed by atoms with E-state index in [0.717, 1.165) is 60.9 Å². The lowest BCUT2D eigenvalue weighted by Crippen LogP contribution is -2.42. The Labute approximate surface area is 219 Å². The van der Waals surface area contributed by atoms with E-state index in [0.29, 0.717) is 12.3 Å². The standard InChI is InChI=1S/C30H38N2O5/c1-4-6-15-31(16-7-5-2)27(33)20-32-19-25(22-10-13-26-23(18-22)14-17-37-26)28(30(34)35)29(32)21-8-11-24(36-3)12-9-21/h8-14,17-18,25,28-29H,4-7,15-16,19-20H2,1-3H3,(H,34,35)/t25-,28-,29+/m1/s1. The first-order chi connectivity index (χ1) is 18.0. The highest BCUT2D eigenvalue weighted by Crippen LogP contribution is 2.46. The van der Waals surface area contributed by atoms with Crippen molar-refractivity contribution in [3.8, 4) is 5.75 Å². The van der Waals surface area contributed by atoms with Crippen molar-refractivity contribution < 1.29 is 23.8 Å². The molecule has 0 radical (unpaired) electrons. The molecule has 3 aromatic rings. The molecule has 198 valence electrons. The molecule has 0 saturated carbocycles. The Kier molecular flexibility index (Phi) is 8.87. The lowest BCUT2D eigenvalue weighted by Gasteiger charge is -2.30. The zero-order valence-corrected chi connectivity index (χ0v) is 22.1. The minimum atomic E-state index is -0.859. The Bertz CT molecular complexity index is 1180. The van der Waals surface area contributed by atoms with Crippen molar-refractivity contribution in [2.75, 3.05) is 33.3 Å². The number of benzene rings is 2. The van der Waals surface area contributed by atoms with Crippen LogP contribution in [0.5, 0.6) is 5.75 Å². The first-order valence-corrected chi connectivity index (χ1v) is 13.3. The zero-order chi connectivity index (χ0) is 26.4. The van der Waals surface area contributed by atoms with Crippen LogP contribution in [0, 0.1) is 5.92 Å². The van der Waals surface area contributed by atoms with Gasteiger partial charge in [0.15, 0.2) is 0 Å². The molecule has 1 N–H and O–H groups in total. The number of ether oxygens (including phenoxy) is 1. The quantitative estimate of drug-likeness (QED) is 0.339. The average Bonchev–Trinajstić information content (AvgIpc) is 3.53. The summed E-state index contributed by atoms with van der Waals surface area (Å²) in [6.45, 7) is 6.40. The highest BCUT2D eigenvalue weighted by molar-refractivity contribution is 5.80. The Balaban J connectivity index is 1.69. The van der Waals surface area contributed by atoms with E-state index in [4.69, 9.17) is 9.15 Å². The molecule has 1 saturated heterocycles. The minimum Gasteiger partial charge on any atom is -0.497 e. The van der Waals surface area contributed by atoms with E-state index in [9.17, 15) is 14.7 Å². The smallest absolute Gasteiger partial charge is 0.309 e. The second kappa shape index (κ2) is 12.3. The van der Waals surface area contributed by atoms with E-state index in [1.807, 2.05) is 53.4 Å². The molecule has 7 heteroatoms. The van der Waals surface area contributed by atoms with Gasteiger partial charge in [0, 0.05) is 37.0 Å². The first kappa shape index (κ1) is 26.7. The molecular formula is C30H38N2O5. The van der Waals surface area contributed by atoms with Crippen LogP contribution in [0.4, 0.5) is 0 Å². The molecule has 2 aromatic carbocycles. The van der Waals surface area contributed by atoms with Crippen LogP contribution in [0.3, 0.4) is 0 Å². The lowest BCUT2D eigenvalue weighted by atomic mass is 9.82. The maximum Gasteiger partial charge on any atom is 0.309 e. The molecule has 37 heavy (non-hydrogen) atoms. The summed E-state index contributed by atoms with van der Waals surface area (Å²) in [5, 5.41) is 11.4. The van der Waals surface area contributed by atoms with Crippen molar-refractivity contribution in [2.24, 2.45) is 5.92 Å². The highest BCUT2D eigenvalue weighted by atomic mass is 16.5. The van der Waals surface area contributed by atoms with Crippen LogP contribution in [0.2, 0.25) is 0 Å². The normalized spacial score (nSPS) is 19.8. The van der Waals surface area contributed by atoms with Crippen LogP contribution < -0.4 is 4.74 Å². The van der Waals surface area contributed by atoms with E-state index in [1.54, 1.807) is 13.4 Å². The molecule has 0 unspecified atom stereocenters. The predicted molar refractivity (Wildman–Crippen MR) is 144 cm³/mol. The summed E-state index contributed by atoms with van der Waals surface area (Å²) in [5.41, 5.74) is 2.60. The van der Waals surface area contributed by atoms with E-state index in [-0.39, 0.29) is 18.4 Å². The van der Waals surface area contributed by atoms with Gasteiger partial charge in [0.05, 0.1) is 25.8 Å². The molecule has 0 aliphatic carbocycles. The van der Waals surface area contributed by atoms with Gasteiger partial charge in [0.2, 0.25) is 5.91 Å². The van der Waals surface area contributed by atoms with Gasteiger partial charge in [-0.2, -0.15) is 0 Å². The van der Waals surface area contributed by atoms with E-state index >= 15 is 0 Å². The van der Waals surface area contributed by atoms with Gasteiger partial charge in [-0.05, 0) is 54.3 Å². The van der Waals surface area contributed by atoms with Gasteiger partial charge >= 0.3 is 5.97 Å². The van der Waals surface area contributed by atoms with Gasteiger partial charge < -0.3 is 19.2 Å². The largest absolute Gasteiger partial charge is 0.497 e. The summed E-state index contributed by atoms with van der Waals surface area (Å²) >= 11 is 0. The fourth-order valence-corrected chi connectivity index (χ4v) is 5.48. The van der Waals surface area contributed by atoms with Crippen molar-refractivity contribution in [1.29, 1.82) is 0 Å². The molecule has 3 atom stereocenters. The number of carboxylic acid groups (broad SMARTS) is 1. The maximum atomic E-state index is 13.6. The molecule has 1 amide bonds. The number of furan rings is 1. The number of carbonyl (C=O) groups is 2. The van der Waals surface area contributed by atoms with Crippen molar-refractivity contribution in [2.45, 2.75) is 51.5 Å². The SMILES string of the molecule is CCCCN(CCCC)C(=O)CN1C[C@H](c2ccc3occc3c2)[C@@H](C(=O)O)[C@@H]1c1ccc(OC)cc1. The summed E-state index contributed by atoms with van der Waals surface area (Å²) in [6, 6.07) is 14.9. The van der Waals surface area contributed by atoms with Crippen molar-refractivity contribution in [3.63, 3.8) is 0 Å². The number of amides is 1. The molecule has 2 heterocycles. The number of hydrogen-bond acceptors (Lipinski definition) is 5. The van der Waals surface area contributed by atoms with Gasteiger partial charge in [-0.25, -0.2) is 0 Å². The Morgan fingerprint density at radius 2 is 1.70 bits per heavy atom. The number of likely N-dealkylation sites (tertiary alicyclic amines) is 1. The predicted octanol–water partition coefficient (Wildman–Crippen LogP) is 5.71. The van der Waals surface area contributed by atoms with Crippen molar-refractivity contribution in [1.82, 2.24) is 9.80 Å². The molecule has 4 rings (SSSR count). The molecular weight excluding hydrogens is 468 g/mol. The van der Waals surface area contributed by atoms with Gasteiger partial charge in [-0.15, -0.1) is 0 Å². The zero-order valence-electron chi connectivity index (χ0n) is 22.1. The van der Waals surface area contributed by atoms with E-state index in [1.165, 1.54) is 0 Å². The Morgan fingerprint density at radius 3 is 2.32 bits per heavy atom. The Hall–Kier alpha value is -3.32. The third-order valence-corrected chi connectivity index (χ3v) is 7.50. The molecule has 1 aliphatic heterocycles. The average molecular weight is 507 g/mol. The van der Waals surface area contributed by atoms with Crippen molar-refractivity contribution in [3.05, 3.63) is 65.9 Å². The number of fused-ring (bicyclic) bond motifs is 1. The number of unbranched alkanes of at least 4 members (excludes halogenated alkanes) is 2. The second-order valence-electron chi connectivity index (χ2n) is 9.92. The highest BCUT2D eigenvalue weighted by Gasteiger charge is 2.48. The molecule has 1 aromatic heterocycles. The molecule has 7 nitrogen and oxygen atoms in total. The van der Waals surface area contributed by atoms with Crippen LogP contribution in [0.1, 0.15) is 62.6 Å². The van der Waals surface area contributed by atoms with Crippen LogP contribution in [0.15, 0.2) is 59.2 Å². The summed E-state index contributed by atoms with van der Waals surface area (Å²) in [5.74, 6) is -1.05. The summed E-state index contributed by atoms with van der Waals surface area (Å²) in [7, 11) is 1.61. The number of carboxylic acids is 1. The topological polar surface area (TPSA) is 83.2 Å². The third kappa shape index (κ3) is 5.99. The van der Waals surface area contributed by atoms with Gasteiger partial charge in [0.1, 0.15) is 11.3 Å². The number of hydrogen-bond donors (Lipinski definition) is 1. The number of aliphatic carboxylic acids is 1. The van der Waals surface area contributed by atoms with Gasteiger partial charge in [0.25, 0.3) is 0 Å². The number of carbonyl (C=O) groups excluding carboxylic acids is 1. The fraction of sp³-hybridized carbons (Fsp3) is 0.467. The Morgan fingerprint density at radius 1 is 1.03 bits per heavy atom. The van der Waals surface area contributed by atoms with Crippen LogP contribution in [0.25, 0.3) is 11.0 Å². The van der Waals surface area contributed by atoms with Crippen LogP contribution in [-0.4, -0.2) is 60.1 Å². The molecule has 0 spiro atoms. The van der Waals surface area contributed by atoms with Gasteiger partial charge in [-0.3, -0.25) is 14.5 Å². The number of methoxy groups -OCH3 is 1.